The number of aliphatic carboxylic acids is 1. The van der Waals surface area contributed by atoms with Crippen LogP contribution in [0.15, 0.2) is 38.4 Å². The van der Waals surface area contributed by atoms with Crippen molar-refractivity contribution in [1.82, 2.24) is 4.90 Å². The maximum absolute atomic E-state index is 13.0. The number of benzene rings is 1. The third-order valence-corrected chi connectivity index (χ3v) is 8.84. The molecule has 0 bridgehead atoms. The second kappa shape index (κ2) is 8.59. The zero-order chi connectivity index (χ0) is 26.0. The van der Waals surface area contributed by atoms with Crippen LogP contribution in [0.5, 0.6) is 0 Å². The molecule has 0 aliphatic carbocycles. The van der Waals surface area contributed by atoms with E-state index in [1.807, 2.05) is 6.07 Å². The summed E-state index contributed by atoms with van der Waals surface area (Å²) in [5, 5.41) is 9.88. The van der Waals surface area contributed by atoms with Crippen molar-refractivity contribution in [2.75, 3.05) is 24.5 Å². The molecule has 1 amide bonds. The number of fused-ring (bicyclic) bond motifs is 2. The van der Waals surface area contributed by atoms with E-state index in [0.29, 0.717) is 16.1 Å². The molecule has 0 radical (unpaired) electrons. The molecule has 0 saturated carbocycles. The fraction of sp³-hybridized carbons (Fsp3) is 0.407. The van der Waals surface area contributed by atoms with E-state index in [2.05, 4.69) is 38.7 Å². The van der Waals surface area contributed by atoms with Crippen LogP contribution in [0, 0.1) is 0 Å². The van der Waals surface area contributed by atoms with Crippen molar-refractivity contribution in [2.24, 2.45) is 0 Å². The molecular formula is C27H28N2O5S2. The number of amides is 1. The molecule has 3 aliphatic rings. The molecule has 9 heteroatoms. The van der Waals surface area contributed by atoms with Gasteiger partial charge in [-0.1, -0.05) is 57.8 Å². The van der Waals surface area contributed by atoms with Crippen LogP contribution in [0.25, 0.3) is 17.0 Å². The molecule has 7 nitrogen and oxygen atoms in total. The first-order valence-electron chi connectivity index (χ1n) is 11.9. The third kappa shape index (κ3) is 4.08. The number of thioether (sulfide) groups is 1. The van der Waals surface area contributed by atoms with Crippen molar-refractivity contribution in [1.29, 1.82) is 0 Å². The van der Waals surface area contributed by atoms with E-state index in [-0.39, 0.29) is 15.2 Å². The molecule has 1 aromatic carbocycles. The lowest BCUT2D eigenvalue weighted by molar-refractivity contribution is -0.140. The van der Waals surface area contributed by atoms with Gasteiger partial charge in [-0.3, -0.25) is 14.5 Å². The highest BCUT2D eigenvalue weighted by Gasteiger charge is 2.42. The molecule has 188 valence electrons. The average molecular weight is 525 g/mol. The Balaban J connectivity index is 1.57. The molecule has 0 unspecified atom stereocenters. The lowest BCUT2D eigenvalue weighted by Gasteiger charge is -2.48. The summed E-state index contributed by atoms with van der Waals surface area (Å²) >= 11 is 6.16. The van der Waals surface area contributed by atoms with Gasteiger partial charge in [-0.15, -0.1) is 0 Å². The fourth-order valence-corrected chi connectivity index (χ4v) is 6.52. The van der Waals surface area contributed by atoms with Crippen molar-refractivity contribution in [3.05, 3.63) is 56.3 Å². The van der Waals surface area contributed by atoms with Gasteiger partial charge in [-0.25, -0.2) is 4.79 Å². The summed E-state index contributed by atoms with van der Waals surface area (Å²) in [5.74, 6) is -1.59. The lowest BCUT2D eigenvalue weighted by atomic mass is 9.69. The van der Waals surface area contributed by atoms with Gasteiger partial charge >= 0.3 is 11.6 Å². The van der Waals surface area contributed by atoms with Gasteiger partial charge in [0.05, 0.1) is 10.5 Å². The summed E-state index contributed by atoms with van der Waals surface area (Å²) in [5.41, 5.74) is 4.11. The summed E-state index contributed by atoms with van der Waals surface area (Å²) in [7, 11) is 0. The van der Waals surface area contributed by atoms with E-state index >= 15 is 0 Å². The Morgan fingerprint density at radius 3 is 2.56 bits per heavy atom. The topological polar surface area (TPSA) is 91.1 Å². The van der Waals surface area contributed by atoms with E-state index in [1.54, 1.807) is 18.2 Å². The van der Waals surface area contributed by atoms with E-state index in [9.17, 15) is 14.4 Å². The SMILES string of the molecule is CC1(C)CCN2CCC(C)(C)c3c2c1cc1cc(C=CC=C2SC(=S)N(CC(=O)O)C2=O)c(=O)oc31. The number of carboxylic acid groups (broad SMARTS) is 1. The molecule has 0 spiro atoms. The van der Waals surface area contributed by atoms with Crippen LogP contribution >= 0.6 is 24.0 Å². The molecule has 1 aromatic heterocycles. The van der Waals surface area contributed by atoms with Crippen LogP contribution < -0.4 is 10.5 Å². The van der Waals surface area contributed by atoms with Gasteiger partial charge in [0.25, 0.3) is 5.91 Å². The first-order chi connectivity index (χ1) is 16.9. The van der Waals surface area contributed by atoms with E-state index in [0.717, 1.165) is 53.5 Å². The highest BCUT2D eigenvalue weighted by molar-refractivity contribution is 8.26. The Bertz CT molecular complexity index is 1450. The molecule has 3 aliphatic heterocycles. The van der Waals surface area contributed by atoms with E-state index in [4.69, 9.17) is 21.7 Å². The number of hydrogen-bond acceptors (Lipinski definition) is 7. The van der Waals surface area contributed by atoms with Crippen LogP contribution in [0.3, 0.4) is 0 Å². The standard InChI is InChI=1S/C27H28N2O5S2/c1-26(2)8-10-28-11-9-27(3,4)20-21(28)17(26)13-16-12-15(24(33)34-22(16)20)6-5-7-18-23(32)29(14-19(30)31)25(35)36-18/h5-7,12-13H,8-11,14H2,1-4H3,(H,30,31). The van der Waals surface area contributed by atoms with Crippen LogP contribution in [0.1, 0.15) is 57.2 Å². The van der Waals surface area contributed by atoms with Crippen molar-refractivity contribution < 1.29 is 19.1 Å². The first kappa shape index (κ1) is 24.8. The first-order valence-corrected chi connectivity index (χ1v) is 13.2. The second-order valence-corrected chi connectivity index (χ2v) is 12.5. The third-order valence-electron chi connectivity index (χ3n) is 7.45. The summed E-state index contributed by atoms with van der Waals surface area (Å²) < 4.78 is 6.17. The maximum atomic E-state index is 13.0. The lowest BCUT2D eigenvalue weighted by Crippen LogP contribution is -2.44. The second-order valence-electron chi connectivity index (χ2n) is 10.9. The predicted molar refractivity (Wildman–Crippen MR) is 147 cm³/mol. The number of hydrogen-bond donors (Lipinski definition) is 1. The van der Waals surface area contributed by atoms with Crippen LogP contribution in [0.4, 0.5) is 5.69 Å². The number of nitrogens with zero attached hydrogens (tertiary/aromatic N) is 2. The van der Waals surface area contributed by atoms with Gasteiger partial charge in [-0.2, -0.15) is 0 Å². The van der Waals surface area contributed by atoms with Crippen LogP contribution in [-0.4, -0.2) is 45.8 Å². The van der Waals surface area contributed by atoms with Gasteiger partial charge in [0.1, 0.15) is 16.4 Å². The van der Waals surface area contributed by atoms with E-state index in [1.165, 1.54) is 11.3 Å². The normalized spacial score (nSPS) is 21.6. The van der Waals surface area contributed by atoms with Gasteiger partial charge in [0, 0.05) is 29.7 Å². The zero-order valence-corrected chi connectivity index (χ0v) is 22.3. The zero-order valence-electron chi connectivity index (χ0n) is 20.7. The Kier molecular flexibility index (Phi) is 5.91. The summed E-state index contributed by atoms with van der Waals surface area (Å²) in [4.78, 5) is 40.3. The minimum Gasteiger partial charge on any atom is -0.480 e. The summed E-state index contributed by atoms with van der Waals surface area (Å²) in [6, 6.07) is 4.02. The highest BCUT2D eigenvalue weighted by Crippen LogP contribution is 2.51. The van der Waals surface area contributed by atoms with E-state index < -0.39 is 24.0 Å². The summed E-state index contributed by atoms with van der Waals surface area (Å²) in [6.45, 7) is 10.5. The van der Waals surface area contributed by atoms with Gasteiger partial charge < -0.3 is 14.4 Å². The minimum absolute atomic E-state index is 0.0129. The summed E-state index contributed by atoms with van der Waals surface area (Å²) in [6.07, 6.45) is 6.82. The van der Waals surface area contributed by atoms with Gasteiger partial charge in [0.15, 0.2) is 0 Å². The monoisotopic (exact) mass is 524 g/mol. The quantitative estimate of drug-likeness (QED) is 0.346. The van der Waals surface area contributed by atoms with Crippen molar-refractivity contribution in [3.8, 4) is 0 Å². The number of rotatable bonds is 4. The molecule has 4 heterocycles. The molecule has 0 atom stereocenters. The number of carbonyl (C=O) groups excluding carboxylic acids is 1. The molecule has 2 aromatic rings. The largest absolute Gasteiger partial charge is 0.480 e. The molecular weight excluding hydrogens is 496 g/mol. The molecule has 1 saturated heterocycles. The number of anilines is 1. The highest BCUT2D eigenvalue weighted by atomic mass is 32.2. The molecule has 5 rings (SSSR count). The average Bonchev–Trinajstić information content (AvgIpc) is 3.04. The Morgan fingerprint density at radius 2 is 1.86 bits per heavy atom. The van der Waals surface area contributed by atoms with Crippen molar-refractivity contribution in [2.45, 2.75) is 51.4 Å². The minimum atomic E-state index is -1.13. The number of carbonyl (C=O) groups is 2. The molecule has 1 N–H and O–H groups in total. The Labute approximate surface area is 218 Å². The van der Waals surface area contributed by atoms with Gasteiger partial charge in [-0.05, 0) is 53.5 Å². The Morgan fingerprint density at radius 1 is 1.17 bits per heavy atom. The van der Waals surface area contributed by atoms with Crippen molar-refractivity contribution >= 4 is 62.9 Å². The molecule has 1 fully saturated rings. The smallest absolute Gasteiger partial charge is 0.343 e. The number of carboxylic acids is 1. The number of thiocarbonyl (C=S) groups is 1. The molecule has 36 heavy (non-hydrogen) atoms. The fourth-order valence-electron chi connectivity index (χ4n) is 5.31. The van der Waals surface area contributed by atoms with Crippen LogP contribution in [0.2, 0.25) is 0 Å². The number of allylic oxidation sites excluding steroid dienone is 2. The van der Waals surface area contributed by atoms with Gasteiger partial charge in [0.2, 0.25) is 0 Å². The van der Waals surface area contributed by atoms with Crippen LogP contribution in [-0.2, 0) is 20.4 Å². The van der Waals surface area contributed by atoms with Crippen molar-refractivity contribution in [3.63, 3.8) is 0 Å². The Hall–Kier alpha value is -2.91. The predicted octanol–water partition coefficient (Wildman–Crippen LogP) is 4.80. The maximum Gasteiger partial charge on any atom is 0.343 e.